The van der Waals surface area contributed by atoms with Crippen molar-refractivity contribution in [2.45, 2.75) is 38.6 Å². The Morgan fingerprint density at radius 3 is 3.12 bits per heavy atom. The molecule has 2 aromatic rings. The van der Waals surface area contributed by atoms with Gasteiger partial charge in [0.2, 0.25) is 0 Å². The molecule has 2 N–H and O–H groups in total. The van der Waals surface area contributed by atoms with E-state index in [4.69, 9.17) is 4.74 Å². The highest BCUT2D eigenvalue weighted by atomic mass is 79.9. The first-order chi connectivity index (χ1) is 11.7. The van der Waals surface area contributed by atoms with Gasteiger partial charge in [0.15, 0.2) is 11.8 Å². The number of aliphatic imine (C=N–C) groups is 1. The molecule has 1 aliphatic rings. The number of ether oxygens (including phenoxy) is 1. The van der Waals surface area contributed by atoms with Crippen molar-refractivity contribution >= 4 is 33.2 Å². The lowest BCUT2D eigenvalue weighted by atomic mass is 10.1. The van der Waals surface area contributed by atoms with Crippen LogP contribution in [0.4, 0.5) is 0 Å². The highest BCUT2D eigenvalue weighted by molar-refractivity contribution is 9.11. The highest BCUT2D eigenvalue weighted by Gasteiger charge is 2.22. The van der Waals surface area contributed by atoms with Gasteiger partial charge in [0, 0.05) is 31.5 Å². The zero-order chi connectivity index (χ0) is 16.9. The first kappa shape index (κ1) is 17.4. The smallest absolute Gasteiger partial charge is 0.191 e. The van der Waals surface area contributed by atoms with Gasteiger partial charge in [-0.05, 0) is 34.5 Å². The molecule has 3 rings (SSSR count). The van der Waals surface area contributed by atoms with E-state index >= 15 is 0 Å². The van der Waals surface area contributed by atoms with Crippen molar-refractivity contribution in [3.8, 4) is 0 Å². The zero-order valence-corrected chi connectivity index (χ0v) is 16.2. The van der Waals surface area contributed by atoms with Crippen molar-refractivity contribution < 1.29 is 4.74 Å². The van der Waals surface area contributed by atoms with E-state index < -0.39 is 0 Å². The Morgan fingerprint density at radius 1 is 1.54 bits per heavy atom. The van der Waals surface area contributed by atoms with E-state index in [1.54, 1.807) is 25.5 Å². The summed E-state index contributed by atoms with van der Waals surface area (Å²) in [7, 11) is 3.45. The van der Waals surface area contributed by atoms with E-state index in [1.165, 1.54) is 4.88 Å². The summed E-state index contributed by atoms with van der Waals surface area (Å²) in [6.07, 6.45) is 1.92. The Balaban J connectivity index is 1.54. The van der Waals surface area contributed by atoms with Crippen molar-refractivity contribution in [3.05, 3.63) is 32.4 Å². The van der Waals surface area contributed by atoms with E-state index in [1.807, 2.05) is 4.68 Å². The normalized spacial score (nSPS) is 17.6. The van der Waals surface area contributed by atoms with Gasteiger partial charge < -0.3 is 15.4 Å². The van der Waals surface area contributed by atoms with Crippen LogP contribution in [-0.4, -0.2) is 40.9 Å². The minimum atomic E-state index is 0.288. The number of nitrogens with zero attached hydrogens (tertiary/aromatic N) is 4. The lowest BCUT2D eigenvalue weighted by Crippen LogP contribution is -2.46. The number of halogens is 1. The molecule has 0 saturated heterocycles. The van der Waals surface area contributed by atoms with Gasteiger partial charge in [0.1, 0.15) is 12.4 Å². The van der Waals surface area contributed by atoms with Crippen LogP contribution in [0.25, 0.3) is 0 Å². The number of nitrogens with one attached hydrogen (secondary N) is 2. The summed E-state index contributed by atoms with van der Waals surface area (Å²) in [4.78, 5) is 10.1. The predicted octanol–water partition coefficient (Wildman–Crippen LogP) is 1.93. The molecular weight excluding hydrogens is 392 g/mol. The number of aryl methyl sites for hydroxylation is 1. The largest absolute Gasteiger partial charge is 0.377 e. The van der Waals surface area contributed by atoms with Gasteiger partial charge in [-0.3, -0.25) is 4.99 Å². The molecule has 0 saturated carbocycles. The summed E-state index contributed by atoms with van der Waals surface area (Å²) in [5.74, 6) is 2.59. The van der Waals surface area contributed by atoms with E-state index in [-0.39, 0.29) is 6.04 Å². The third-order valence-corrected chi connectivity index (χ3v) is 5.42. The second-order valence-corrected chi connectivity index (χ2v) is 8.12. The second-order valence-electron chi connectivity index (χ2n) is 5.57. The molecule has 1 atom stereocenters. The molecule has 0 bridgehead atoms. The van der Waals surface area contributed by atoms with Gasteiger partial charge in [-0.25, -0.2) is 9.67 Å². The molecule has 24 heavy (non-hydrogen) atoms. The Kier molecular flexibility index (Phi) is 5.85. The SMILES string of the molecule is CN=C(NCc1ccc(Br)s1)NC1CCc2nc(COC)nn2C1. The van der Waals surface area contributed by atoms with Crippen molar-refractivity contribution in [2.24, 2.45) is 4.99 Å². The van der Waals surface area contributed by atoms with Crippen LogP contribution in [0.5, 0.6) is 0 Å². The van der Waals surface area contributed by atoms with Gasteiger partial charge in [0.25, 0.3) is 0 Å². The summed E-state index contributed by atoms with van der Waals surface area (Å²) in [6, 6.07) is 4.45. The molecule has 0 aliphatic carbocycles. The van der Waals surface area contributed by atoms with Gasteiger partial charge in [-0.2, -0.15) is 5.10 Å². The van der Waals surface area contributed by atoms with Crippen LogP contribution in [0.1, 0.15) is 22.9 Å². The lowest BCUT2D eigenvalue weighted by Gasteiger charge is -2.25. The van der Waals surface area contributed by atoms with Crippen LogP contribution in [0.2, 0.25) is 0 Å². The third-order valence-electron chi connectivity index (χ3n) is 3.80. The number of hydrogen-bond acceptors (Lipinski definition) is 5. The number of aromatic nitrogens is 3. The van der Waals surface area contributed by atoms with E-state index in [0.29, 0.717) is 6.61 Å². The number of thiophene rings is 1. The number of methoxy groups -OCH3 is 1. The van der Waals surface area contributed by atoms with Crippen molar-refractivity contribution in [1.82, 2.24) is 25.4 Å². The molecule has 0 fully saturated rings. The molecule has 2 aromatic heterocycles. The van der Waals surface area contributed by atoms with Crippen LogP contribution in [0, 0.1) is 0 Å². The number of fused-ring (bicyclic) bond motifs is 1. The molecule has 0 amide bonds. The molecule has 7 nitrogen and oxygen atoms in total. The Labute approximate surface area is 153 Å². The summed E-state index contributed by atoms with van der Waals surface area (Å²) >= 11 is 5.21. The van der Waals surface area contributed by atoms with E-state index in [0.717, 1.165) is 47.3 Å². The predicted molar refractivity (Wildman–Crippen MR) is 98.2 cm³/mol. The van der Waals surface area contributed by atoms with Gasteiger partial charge in [-0.15, -0.1) is 11.3 Å². The minimum Gasteiger partial charge on any atom is -0.377 e. The minimum absolute atomic E-state index is 0.288. The first-order valence-electron chi connectivity index (χ1n) is 7.81. The van der Waals surface area contributed by atoms with Gasteiger partial charge in [0.05, 0.1) is 16.9 Å². The van der Waals surface area contributed by atoms with Crippen molar-refractivity contribution in [3.63, 3.8) is 0 Å². The summed E-state index contributed by atoms with van der Waals surface area (Å²) < 4.78 is 8.22. The number of guanidine groups is 1. The van der Waals surface area contributed by atoms with Crippen LogP contribution in [-0.2, 0) is 30.9 Å². The molecule has 9 heteroatoms. The summed E-state index contributed by atoms with van der Waals surface area (Å²) in [5.41, 5.74) is 0. The van der Waals surface area contributed by atoms with Gasteiger partial charge in [-0.1, -0.05) is 0 Å². The van der Waals surface area contributed by atoms with Crippen LogP contribution in [0.3, 0.4) is 0 Å². The quantitative estimate of drug-likeness (QED) is 0.579. The van der Waals surface area contributed by atoms with Crippen LogP contribution in [0.15, 0.2) is 20.9 Å². The summed E-state index contributed by atoms with van der Waals surface area (Å²) in [5, 5.41) is 11.3. The number of rotatable bonds is 5. The Hall–Kier alpha value is -1.45. The average Bonchev–Trinajstić information content (AvgIpc) is 3.16. The van der Waals surface area contributed by atoms with Gasteiger partial charge >= 0.3 is 0 Å². The Morgan fingerprint density at radius 2 is 2.42 bits per heavy atom. The number of hydrogen-bond donors (Lipinski definition) is 2. The third kappa shape index (κ3) is 4.34. The molecular formula is C15H21BrN6OS. The Bertz CT molecular complexity index is 713. The maximum Gasteiger partial charge on any atom is 0.191 e. The lowest BCUT2D eigenvalue weighted by molar-refractivity contribution is 0.177. The highest BCUT2D eigenvalue weighted by Crippen LogP contribution is 2.21. The average molecular weight is 413 g/mol. The fourth-order valence-corrected chi connectivity index (χ4v) is 4.10. The second kappa shape index (κ2) is 8.09. The molecule has 1 unspecified atom stereocenters. The van der Waals surface area contributed by atoms with E-state index in [9.17, 15) is 0 Å². The fraction of sp³-hybridized carbons (Fsp3) is 0.533. The fourth-order valence-electron chi connectivity index (χ4n) is 2.67. The molecule has 1 aliphatic heterocycles. The topological polar surface area (TPSA) is 76.4 Å². The molecule has 0 radical (unpaired) electrons. The molecule has 130 valence electrons. The van der Waals surface area contributed by atoms with Crippen molar-refractivity contribution in [1.29, 1.82) is 0 Å². The monoisotopic (exact) mass is 412 g/mol. The van der Waals surface area contributed by atoms with Crippen LogP contribution >= 0.6 is 27.3 Å². The molecule has 0 spiro atoms. The van der Waals surface area contributed by atoms with Crippen LogP contribution < -0.4 is 10.6 Å². The maximum atomic E-state index is 5.10. The maximum absolute atomic E-state index is 5.10. The molecule has 3 heterocycles. The van der Waals surface area contributed by atoms with E-state index in [2.05, 4.69) is 53.8 Å². The first-order valence-corrected chi connectivity index (χ1v) is 9.42. The summed E-state index contributed by atoms with van der Waals surface area (Å²) in [6.45, 7) is 2.00. The molecule has 0 aromatic carbocycles. The standard InChI is InChI=1S/C15H21BrN6OS/c1-17-15(18-7-11-4-5-12(16)24-11)19-10-3-6-14-20-13(9-23-2)21-22(14)8-10/h4-5,10H,3,6-9H2,1-2H3,(H2,17,18,19). The zero-order valence-electron chi connectivity index (χ0n) is 13.8. The van der Waals surface area contributed by atoms with Crippen molar-refractivity contribution in [2.75, 3.05) is 14.2 Å².